The monoisotopic (exact) mass is 287 g/mol. The predicted octanol–water partition coefficient (Wildman–Crippen LogP) is 3.81. The van der Waals surface area contributed by atoms with Crippen molar-refractivity contribution in [1.29, 1.82) is 5.41 Å². The number of rotatable bonds is 2. The van der Waals surface area contributed by atoms with E-state index in [0.29, 0.717) is 0 Å². The van der Waals surface area contributed by atoms with Crippen LogP contribution in [0.2, 0.25) is 0 Å². The summed E-state index contributed by atoms with van der Waals surface area (Å²) in [5.74, 6) is 0. The lowest BCUT2D eigenvalue weighted by Crippen LogP contribution is -2.14. The molecule has 0 saturated carbocycles. The number of hydrogen-bond donors (Lipinski definition) is 1. The van der Waals surface area contributed by atoms with Gasteiger partial charge in [0, 0.05) is 31.8 Å². The van der Waals surface area contributed by atoms with Crippen LogP contribution in [-0.2, 0) is 6.42 Å². The maximum atomic E-state index is 7.52. The summed E-state index contributed by atoms with van der Waals surface area (Å²) >= 11 is 0. The van der Waals surface area contributed by atoms with Crippen molar-refractivity contribution in [2.24, 2.45) is 0 Å². The molecule has 0 aliphatic heterocycles. The average molecular weight is 287 g/mol. The molecule has 3 nitrogen and oxygen atoms in total. The van der Waals surface area contributed by atoms with E-state index in [0.717, 1.165) is 24.2 Å². The fourth-order valence-corrected chi connectivity index (χ4v) is 3.21. The summed E-state index contributed by atoms with van der Waals surface area (Å²) in [7, 11) is 1.93. The zero-order valence-electron chi connectivity index (χ0n) is 12.5. The van der Waals surface area contributed by atoms with Gasteiger partial charge in [-0.1, -0.05) is 18.2 Å². The van der Waals surface area contributed by atoms with Gasteiger partial charge < -0.3 is 4.90 Å². The van der Waals surface area contributed by atoms with Gasteiger partial charge in [-0.2, -0.15) is 0 Å². The smallest absolute Gasteiger partial charge is 0.0856 e. The van der Waals surface area contributed by atoms with E-state index in [1.54, 1.807) is 0 Å². The van der Waals surface area contributed by atoms with Crippen LogP contribution in [0.3, 0.4) is 0 Å². The minimum atomic E-state index is 0.834. The lowest BCUT2D eigenvalue weighted by atomic mass is 9.96. The van der Waals surface area contributed by atoms with E-state index in [-0.39, 0.29) is 0 Å². The number of allylic oxidation sites excluding steroid dienone is 1. The van der Waals surface area contributed by atoms with Crippen LogP contribution in [0, 0.1) is 5.41 Å². The molecule has 1 aromatic carbocycles. The summed E-state index contributed by atoms with van der Waals surface area (Å²) in [4.78, 5) is 6.43. The van der Waals surface area contributed by atoms with Crippen molar-refractivity contribution in [2.45, 2.75) is 12.8 Å². The van der Waals surface area contributed by atoms with Crippen molar-refractivity contribution in [1.82, 2.24) is 9.88 Å². The zero-order valence-corrected chi connectivity index (χ0v) is 12.5. The molecule has 1 N–H and O–H groups in total. The van der Waals surface area contributed by atoms with Crippen LogP contribution >= 0.6 is 0 Å². The molecule has 0 saturated heterocycles. The van der Waals surface area contributed by atoms with Gasteiger partial charge in [-0.3, -0.25) is 10.4 Å². The average Bonchev–Trinajstić information content (AvgIpc) is 2.78. The van der Waals surface area contributed by atoms with Gasteiger partial charge in [-0.15, -0.1) is 0 Å². The first kappa shape index (κ1) is 13.0. The van der Waals surface area contributed by atoms with Crippen molar-refractivity contribution >= 4 is 24.1 Å². The molecule has 0 spiro atoms. The molecular formula is C19H17N3. The molecule has 0 amide bonds. The molecule has 2 aliphatic rings. The normalized spacial score (nSPS) is 15.0. The Morgan fingerprint density at radius 2 is 2.09 bits per heavy atom. The maximum Gasteiger partial charge on any atom is 0.0856 e. The highest BCUT2D eigenvalue weighted by Crippen LogP contribution is 2.37. The van der Waals surface area contributed by atoms with Crippen molar-refractivity contribution in [3.8, 4) is 0 Å². The van der Waals surface area contributed by atoms with Crippen molar-refractivity contribution in [2.75, 3.05) is 7.05 Å². The maximum absolute atomic E-state index is 7.52. The summed E-state index contributed by atoms with van der Waals surface area (Å²) in [5.41, 5.74) is 8.64. The Balaban J connectivity index is 1.93. The molecule has 108 valence electrons. The van der Waals surface area contributed by atoms with Gasteiger partial charge in [0.15, 0.2) is 0 Å². The van der Waals surface area contributed by atoms with Crippen LogP contribution in [0.1, 0.15) is 34.4 Å². The van der Waals surface area contributed by atoms with Gasteiger partial charge in [0.25, 0.3) is 0 Å². The second-order valence-electron chi connectivity index (χ2n) is 5.85. The lowest BCUT2D eigenvalue weighted by molar-refractivity contribution is 0.634. The van der Waals surface area contributed by atoms with Gasteiger partial charge in [0.2, 0.25) is 0 Å². The fraction of sp³-hybridized carbons (Fsp3) is 0.158. The Labute approximate surface area is 130 Å². The summed E-state index contributed by atoms with van der Waals surface area (Å²) < 4.78 is 0. The van der Waals surface area contributed by atoms with Crippen LogP contribution in [0.5, 0.6) is 0 Å². The van der Waals surface area contributed by atoms with E-state index < -0.39 is 0 Å². The number of fused-ring (bicyclic) bond motifs is 2. The lowest BCUT2D eigenvalue weighted by Gasteiger charge is -2.17. The predicted molar refractivity (Wildman–Crippen MR) is 90.5 cm³/mol. The highest BCUT2D eigenvalue weighted by Gasteiger charge is 2.20. The molecule has 0 radical (unpaired) electrons. The van der Waals surface area contributed by atoms with Crippen LogP contribution < -0.4 is 0 Å². The summed E-state index contributed by atoms with van der Waals surface area (Å²) in [6, 6.07) is 10.8. The van der Waals surface area contributed by atoms with Crippen LogP contribution in [0.15, 0.2) is 42.2 Å². The molecule has 4 rings (SSSR count). The molecule has 3 heteroatoms. The highest BCUT2D eigenvalue weighted by molar-refractivity contribution is 5.89. The Hall–Kier alpha value is -2.68. The third-order valence-corrected chi connectivity index (χ3v) is 4.44. The molecular weight excluding hydrogens is 270 g/mol. The van der Waals surface area contributed by atoms with E-state index in [4.69, 9.17) is 5.41 Å². The molecule has 0 fully saturated rings. The topological polar surface area (TPSA) is 40.0 Å². The van der Waals surface area contributed by atoms with E-state index in [2.05, 4.69) is 41.4 Å². The number of benzene rings is 1. The molecule has 1 aromatic heterocycles. The quantitative estimate of drug-likeness (QED) is 0.674. The summed E-state index contributed by atoms with van der Waals surface area (Å²) in [5, 5.41) is 7.52. The van der Waals surface area contributed by atoms with Gasteiger partial charge in [0.05, 0.1) is 12.0 Å². The molecule has 0 atom stereocenters. The van der Waals surface area contributed by atoms with E-state index in [1.165, 1.54) is 34.2 Å². The van der Waals surface area contributed by atoms with Crippen molar-refractivity contribution < 1.29 is 0 Å². The first-order valence-corrected chi connectivity index (χ1v) is 7.46. The Morgan fingerprint density at radius 1 is 1.18 bits per heavy atom. The summed E-state index contributed by atoms with van der Waals surface area (Å²) in [6.07, 6.45) is 9.38. The molecule has 0 unspecified atom stereocenters. The number of hydrogen-bond acceptors (Lipinski definition) is 2. The summed E-state index contributed by atoms with van der Waals surface area (Å²) in [6.45, 7) is 0. The van der Waals surface area contributed by atoms with Gasteiger partial charge in [0.1, 0.15) is 0 Å². The minimum Gasteiger partial charge on any atom is -0.339 e. The Morgan fingerprint density at radius 3 is 2.95 bits per heavy atom. The number of pyridine rings is 1. The highest BCUT2D eigenvalue weighted by atomic mass is 15.1. The molecule has 2 aromatic rings. The minimum absolute atomic E-state index is 0.834. The van der Waals surface area contributed by atoms with E-state index in [9.17, 15) is 0 Å². The largest absolute Gasteiger partial charge is 0.339 e. The van der Waals surface area contributed by atoms with E-state index in [1.807, 2.05) is 24.2 Å². The van der Waals surface area contributed by atoms with Crippen LogP contribution in [-0.4, -0.2) is 23.3 Å². The Kier molecular flexibility index (Phi) is 2.93. The third-order valence-electron chi connectivity index (χ3n) is 4.44. The fourth-order valence-electron chi connectivity index (χ4n) is 3.21. The number of aromatic nitrogens is 1. The molecule has 22 heavy (non-hydrogen) atoms. The molecule has 1 heterocycles. The van der Waals surface area contributed by atoms with Gasteiger partial charge in [-0.05, 0) is 52.1 Å². The van der Waals surface area contributed by atoms with Crippen molar-refractivity contribution in [3.63, 3.8) is 0 Å². The Bertz CT molecular complexity index is 830. The standard InChI is InChI=1S/C19H17N3/c1-22(12-20)17-7-13-4-5-14-11-19-15(3-2-6-21-19)9-16(10-17)18(14)8-13/h2-9,12,20H,10-11H2,1H3. The zero-order chi connectivity index (χ0) is 15.1. The van der Waals surface area contributed by atoms with E-state index >= 15 is 0 Å². The second kappa shape index (κ2) is 4.95. The SMILES string of the molecule is CN(C=N)C1=Cc2ccc3c(c2)C(=Cc2cccnc2C3)C1. The van der Waals surface area contributed by atoms with Gasteiger partial charge in [-0.25, -0.2) is 0 Å². The van der Waals surface area contributed by atoms with Gasteiger partial charge >= 0.3 is 0 Å². The molecule has 2 aliphatic carbocycles. The number of nitrogens with zero attached hydrogens (tertiary/aromatic N) is 2. The van der Waals surface area contributed by atoms with Crippen LogP contribution in [0.4, 0.5) is 0 Å². The third kappa shape index (κ3) is 2.06. The molecule has 2 bridgehead atoms. The first-order chi connectivity index (χ1) is 10.7. The van der Waals surface area contributed by atoms with Crippen molar-refractivity contribution in [3.05, 3.63) is 70.2 Å². The number of nitrogens with one attached hydrogen (secondary N) is 1. The second-order valence-corrected chi connectivity index (χ2v) is 5.85. The first-order valence-electron chi connectivity index (χ1n) is 7.46. The van der Waals surface area contributed by atoms with Crippen LogP contribution in [0.25, 0.3) is 17.7 Å².